The Labute approximate surface area is 123 Å². The summed E-state index contributed by atoms with van der Waals surface area (Å²) in [6.07, 6.45) is 6.87. The molecule has 0 amide bonds. The molecule has 1 atom stereocenters. The first-order valence-electron chi connectivity index (χ1n) is 7.99. The molecule has 3 heteroatoms. The molecule has 0 bridgehead atoms. The summed E-state index contributed by atoms with van der Waals surface area (Å²) in [5.41, 5.74) is 8.08. The summed E-state index contributed by atoms with van der Waals surface area (Å²) in [6.45, 7) is 7.09. The fourth-order valence-corrected chi connectivity index (χ4v) is 2.82. The van der Waals surface area contributed by atoms with E-state index in [1.165, 1.54) is 37.8 Å². The number of benzene rings is 1. The Balaban J connectivity index is 1.97. The zero-order chi connectivity index (χ0) is 14.4. The molecule has 2 rings (SSSR count). The molecule has 0 spiro atoms. The van der Waals surface area contributed by atoms with E-state index < -0.39 is 0 Å². The van der Waals surface area contributed by atoms with Crippen molar-refractivity contribution in [1.29, 1.82) is 0 Å². The van der Waals surface area contributed by atoms with E-state index in [0.29, 0.717) is 6.54 Å². The van der Waals surface area contributed by atoms with Crippen molar-refractivity contribution in [3.8, 4) is 5.75 Å². The molecule has 0 fully saturated rings. The highest BCUT2D eigenvalue weighted by Gasteiger charge is 2.22. The molecule has 0 saturated carbocycles. The second-order valence-electron chi connectivity index (χ2n) is 5.79. The third kappa shape index (κ3) is 3.89. The fraction of sp³-hybridized carbons (Fsp3) is 0.647. The second kappa shape index (κ2) is 7.53. The summed E-state index contributed by atoms with van der Waals surface area (Å²) >= 11 is 0. The lowest BCUT2D eigenvalue weighted by Crippen LogP contribution is -2.39. The number of fused-ring (bicyclic) bond motifs is 1. The SMILES string of the molecule is CCCCCCCN1CC(C)Oc2cc(CN)ccc21. The minimum atomic E-state index is 0.256. The first-order chi connectivity index (χ1) is 9.74. The number of nitrogens with two attached hydrogens (primary N) is 1. The predicted molar refractivity (Wildman–Crippen MR) is 85.4 cm³/mol. The van der Waals surface area contributed by atoms with Crippen LogP contribution in [0.1, 0.15) is 51.5 Å². The molecule has 1 aliphatic heterocycles. The molecule has 2 N–H and O–H groups in total. The van der Waals surface area contributed by atoms with Crippen LogP contribution in [0.15, 0.2) is 18.2 Å². The molecule has 3 nitrogen and oxygen atoms in total. The van der Waals surface area contributed by atoms with Crippen molar-refractivity contribution in [2.75, 3.05) is 18.0 Å². The Morgan fingerprint density at radius 1 is 1.25 bits per heavy atom. The Morgan fingerprint density at radius 2 is 2.05 bits per heavy atom. The number of hydrogen-bond donors (Lipinski definition) is 1. The van der Waals surface area contributed by atoms with Crippen molar-refractivity contribution in [1.82, 2.24) is 0 Å². The van der Waals surface area contributed by atoms with Crippen LogP contribution in [0.3, 0.4) is 0 Å². The van der Waals surface area contributed by atoms with E-state index in [1.807, 2.05) is 0 Å². The van der Waals surface area contributed by atoms with E-state index in [-0.39, 0.29) is 6.10 Å². The van der Waals surface area contributed by atoms with Crippen LogP contribution in [-0.2, 0) is 6.54 Å². The Bertz CT molecular complexity index is 419. The predicted octanol–water partition coefficient (Wildman–Crippen LogP) is 3.70. The van der Waals surface area contributed by atoms with Crippen molar-refractivity contribution in [3.63, 3.8) is 0 Å². The minimum Gasteiger partial charge on any atom is -0.487 e. The van der Waals surface area contributed by atoms with Gasteiger partial charge >= 0.3 is 0 Å². The molecule has 0 radical (unpaired) electrons. The molecule has 1 aromatic carbocycles. The number of hydrogen-bond acceptors (Lipinski definition) is 3. The first-order valence-corrected chi connectivity index (χ1v) is 7.99. The van der Waals surface area contributed by atoms with Gasteiger partial charge in [0.15, 0.2) is 0 Å². The number of anilines is 1. The van der Waals surface area contributed by atoms with Gasteiger partial charge in [0, 0.05) is 13.1 Å². The molecule has 0 saturated heterocycles. The van der Waals surface area contributed by atoms with Gasteiger partial charge in [0.25, 0.3) is 0 Å². The van der Waals surface area contributed by atoms with Gasteiger partial charge in [-0.15, -0.1) is 0 Å². The number of rotatable bonds is 7. The third-order valence-corrected chi connectivity index (χ3v) is 3.94. The van der Waals surface area contributed by atoms with E-state index in [1.54, 1.807) is 0 Å². The van der Waals surface area contributed by atoms with Gasteiger partial charge in [-0.2, -0.15) is 0 Å². The summed E-state index contributed by atoms with van der Waals surface area (Å²) in [6, 6.07) is 6.37. The third-order valence-electron chi connectivity index (χ3n) is 3.94. The summed E-state index contributed by atoms with van der Waals surface area (Å²) in [4.78, 5) is 2.47. The number of nitrogens with zero attached hydrogens (tertiary/aromatic N) is 1. The van der Waals surface area contributed by atoms with E-state index in [2.05, 4.69) is 36.9 Å². The van der Waals surface area contributed by atoms with Gasteiger partial charge in [-0.3, -0.25) is 0 Å². The molecule has 1 heterocycles. The lowest BCUT2D eigenvalue weighted by molar-refractivity contribution is 0.212. The lowest BCUT2D eigenvalue weighted by Gasteiger charge is -2.35. The first kappa shape index (κ1) is 15.2. The van der Waals surface area contributed by atoms with Gasteiger partial charge in [-0.25, -0.2) is 0 Å². The number of unbranched alkanes of at least 4 members (excludes halogenated alkanes) is 4. The molecule has 20 heavy (non-hydrogen) atoms. The molecule has 1 aliphatic rings. The van der Waals surface area contributed by atoms with Gasteiger partial charge in [0.1, 0.15) is 11.9 Å². The molecule has 1 aromatic rings. The van der Waals surface area contributed by atoms with Crippen LogP contribution < -0.4 is 15.4 Å². The summed E-state index contributed by atoms with van der Waals surface area (Å²) < 4.78 is 5.95. The zero-order valence-electron chi connectivity index (χ0n) is 12.9. The van der Waals surface area contributed by atoms with E-state index in [9.17, 15) is 0 Å². The van der Waals surface area contributed by atoms with Crippen LogP contribution in [0.4, 0.5) is 5.69 Å². The molecular weight excluding hydrogens is 248 g/mol. The zero-order valence-corrected chi connectivity index (χ0v) is 12.9. The minimum absolute atomic E-state index is 0.256. The highest BCUT2D eigenvalue weighted by Crippen LogP contribution is 2.34. The second-order valence-corrected chi connectivity index (χ2v) is 5.79. The van der Waals surface area contributed by atoms with Gasteiger partial charge in [-0.1, -0.05) is 38.7 Å². The average molecular weight is 276 g/mol. The van der Waals surface area contributed by atoms with Crippen LogP contribution in [0, 0.1) is 0 Å². The number of ether oxygens (including phenoxy) is 1. The van der Waals surface area contributed by atoms with Crippen LogP contribution in [0.5, 0.6) is 5.75 Å². The highest BCUT2D eigenvalue weighted by molar-refractivity contribution is 5.61. The Hall–Kier alpha value is -1.22. The normalized spacial score (nSPS) is 17.8. The van der Waals surface area contributed by atoms with E-state index in [4.69, 9.17) is 10.5 Å². The molecule has 0 aromatic heterocycles. The maximum atomic E-state index is 5.95. The van der Waals surface area contributed by atoms with Crippen molar-refractivity contribution in [3.05, 3.63) is 23.8 Å². The highest BCUT2D eigenvalue weighted by atomic mass is 16.5. The lowest BCUT2D eigenvalue weighted by atomic mass is 10.1. The van der Waals surface area contributed by atoms with Crippen molar-refractivity contribution in [2.45, 2.75) is 58.6 Å². The van der Waals surface area contributed by atoms with Crippen LogP contribution in [0.2, 0.25) is 0 Å². The maximum absolute atomic E-state index is 5.95. The Kier molecular flexibility index (Phi) is 5.72. The maximum Gasteiger partial charge on any atom is 0.143 e. The standard InChI is InChI=1S/C17H28N2O/c1-3-4-5-6-7-10-19-13-14(2)20-17-11-15(12-18)8-9-16(17)19/h8-9,11,14H,3-7,10,12-13,18H2,1-2H3. The topological polar surface area (TPSA) is 38.5 Å². The van der Waals surface area contributed by atoms with Crippen LogP contribution in [-0.4, -0.2) is 19.2 Å². The fourth-order valence-electron chi connectivity index (χ4n) is 2.82. The summed E-state index contributed by atoms with van der Waals surface area (Å²) in [5, 5.41) is 0. The largest absolute Gasteiger partial charge is 0.487 e. The Morgan fingerprint density at radius 3 is 2.80 bits per heavy atom. The smallest absolute Gasteiger partial charge is 0.143 e. The van der Waals surface area contributed by atoms with E-state index >= 15 is 0 Å². The quantitative estimate of drug-likeness (QED) is 0.772. The van der Waals surface area contributed by atoms with Crippen molar-refractivity contribution < 1.29 is 4.74 Å². The molecular formula is C17H28N2O. The molecule has 1 unspecified atom stereocenters. The molecule has 112 valence electrons. The van der Waals surface area contributed by atoms with Crippen LogP contribution >= 0.6 is 0 Å². The summed E-state index contributed by atoms with van der Waals surface area (Å²) in [5.74, 6) is 1.00. The van der Waals surface area contributed by atoms with Crippen LogP contribution in [0.25, 0.3) is 0 Å². The van der Waals surface area contributed by atoms with Gasteiger partial charge < -0.3 is 15.4 Å². The molecule has 0 aliphatic carbocycles. The van der Waals surface area contributed by atoms with Crippen molar-refractivity contribution in [2.24, 2.45) is 5.73 Å². The van der Waals surface area contributed by atoms with Gasteiger partial charge in [0.05, 0.1) is 12.2 Å². The van der Waals surface area contributed by atoms with E-state index in [0.717, 1.165) is 24.4 Å². The van der Waals surface area contributed by atoms with Gasteiger partial charge in [-0.05, 0) is 31.0 Å². The van der Waals surface area contributed by atoms with Gasteiger partial charge in [0.2, 0.25) is 0 Å². The monoisotopic (exact) mass is 276 g/mol. The average Bonchev–Trinajstić information content (AvgIpc) is 2.46. The van der Waals surface area contributed by atoms with Crippen molar-refractivity contribution >= 4 is 5.69 Å². The summed E-state index contributed by atoms with van der Waals surface area (Å²) in [7, 11) is 0.